The molecule has 8 heteroatoms. The molecule has 2 aromatic rings. The molecule has 1 aromatic carbocycles. The van der Waals surface area contributed by atoms with Crippen molar-refractivity contribution in [2.24, 2.45) is 0 Å². The van der Waals surface area contributed by atoms with Crippen LogP contribution >= 0.6 is 0 Å². The Morgan fingerprint density at radius 3 is 2.52 bits per heavy atom. The van der Waals surface area contributed by atoms with Crippen LogP contribution in [0, 0.1) is 10.1 Å². The second-order valence-electron chi connectivity index (χ2n) is 5.93. The molecular formula is C17H16F3N3O2. The van der Waals surface area contributed by atoms with Gasteiger partial charge in [-0.1, -0.05) is 12.1 Å². The summed E-state index contributed by atoms with van der Waals surface area (Å²) in [6.45, 7) is 0.573. The van der Waals surface area contributed by atoms with Crippen molar-refractivity contribution in [3.63, 3.8) is 0 Å². The number of benzene rings is 1. The number of nitrogens with zero attached hydrogens (tertiary/aromatic N) is 3. The molecule has 1 fully saturated rings. The smallest absolute Gasteiger partial charge is 0.344 e. The first-order chi connectivity index (χ1) is 11.9. The minimum Gasteiger partial charge on any atom is -0.344 e. The number of piperidine rings is 1. The molecule has 1 aromatic heterocycles. The first-order valence-corrected chi connectivity index (χ1v) is 7.91. The van der Waals surface area contributed by atoms with E-state index >= 15 is 0 Å². The van der Waals surface area contributed by atoms with Crippen molar-refractivity contribution in [3.8, 4) is 0 Å². The third-order valence-electron chi connectivity index (χ3n) is 4.36. The van der Waals surface area contributed by atoms with Crippen molar-refractivity contribution in [2.75, 3.05) is 11.4 Å². The second kappa shape index (κ2) is 6.70. The summed E-state index contributed by atoms with van der Waals surface area (Å²) in [5.74, 6) is 0.261. The van der Waals surface area contributed by atoms with Gasteiger partial charge in [0.1, 0.15) is 0 Å². The summed E-state index contributed by atoms with van der Waals surface area (Å²) in [7, 11) is 0. The average molecular weight is 351 g/mol. The van der Waals surface area contributed by atoms with Gasteiger partial charge in [0, 0.05) is 18.8 Å². The van der Waals surface area contributed by atoms with E-state index in [1.165, 1.54) is 30.5 Å². The highest BCUT2D eigenvalue weighted by Gasteiger charge is 2.32. The molecule has 0 N–H and O–H groups in total. The Balaban J connectivity index is 1.96. The molecule has 0 radical (unpaired) electrons. The van der Waals surface area contributed by atoms with E-state index in [1.54, 1.807) is 0 Å². The number of anilines is 1. The number of alkyl halides is 3. The fourth-order valence-corrected chi connectivity index (χ4v) is 3.18. The molecule has 0 bridgehead atoms. The Kier molecular flexibility index (Phi) is 4.61. The number of hydrogen-bond donors (Lipinski definition) is 0. The zero-order valence-corrected chi connectivity index (χ0v) is 13.2. The number of hydrogen-bond acceptors (Lipinski definition) is 4. The van der Waals surface area contributed by atoms with E-state index in [4.69, 9.17) is 0 Å². The molecule has 132 valence electrons. The van der Waals surface area contributed by atoms with Crippen LogP contribution in [-0.2, 0) is 6.18 Å². The first kappa shape index (κ1) is 17.2. The molecule has 0 amide bonds. The summed E-state index contributed by atoms with van der Waals surface area (Å²) < 4.78 is 38.2. The second-order valence-corrected chi connectivity index (χ2v) is 5.93. The lowest BCUT2D eigenvalue weighted by atomic mass is 9.94. The van der Waals surface area contributed by atoms with Crippen molar-refractivity contribution < 1.29 is 18.1 Å². The van der Waals surface area contributed by atoms with Gasteiger partial charge in [0.25, 0.3) is 0 Å². The minimum atomic E-state index is -4.38. The summed E-state index contributed by atoms with van der Waals surface area (Å²) in [4.78, 5) is 16.8. The molecule has 1 aliphatic rings. The van der Waals surface area contributed by atoms with Gasteiger partial charge in [-0.15, -0.1) is 0 Å². The quantitative estimate of drug-likeness (QED) is 0.592. The van der Waals surface area contributed by atoms with Crippen LogP contribution in [0.3, 0.4) is 0 Å². The zero-order chi connectivity index (χ0) is 18.0. The van der Waals surface area contributed by atoms with Gasteiger partial charge >= 0.3 is 11.9 Å². The van der Waals surface area contributed by atoms with Crippen LogP contribution in [0.2, 0.25) is 0 Å². The zero-order valence-electron chi connectivity index (χ0n) is 13.2. The van der Waals surface area contributed by atoms with Crippen molar-refractivity contribution in [2.45, 2.75) is 31.5 Å². The highest BCUT2D eigenvalue weighted by Crippen LogP contribution is 2.38. The summed E-state index contributed by atoms with van der Waals surface area (Å²) in [5, 5.41) is 11.3. The van der Waals surface area contributed by atoms with E-state index < -0.39 is 16.7 Å². The average Bonchev–Trinajstić information content (AvgIpc) is 2.61. The van der Waals surface area contributed by atoms with E-state index in [1.807, 2.05) is 4.90 Å². The topological polar surface area (TPSA) is 59.3 Å². The van der Waals surface area contributed by atoms with E-state index in [-0.39, 0.29) is 17.5 Å². The summed E-state index contributed by atoms with van der Waals surface area (Å²) >= 11 is 0. The summed E-state index contributed by atoms with van der Waals surface area (Å²) in [5.41, 5.74) is -0.101. The number of halogens is 3. The standard InChI is InChI=1S/C17H16F3N3O2/c18-17(19,20)13-8-6-12(7-9-13)14-4-1-2-11-22(14)16-15(23(24)25)5-3-10-21-16/h3,5-10,14H,1-2,4,11H2/t14-/m0/s1. The van der Waals surface area contributed by atoms with Crippen molar-refractivity contribution in [1.82, 2.24) is 4.98 Å². The van der Waals surface area contributed by atoms with Gasteiger partial charge in [-0.3, -0.25) is 10.1 Å². The normalized spacial score (nSPS) is 18.2. The van der Waals surface area contributed by atoms with Gasteiger partial charge in [0.2, 0.25) is 5.82 Å². The number of rotatable bonds is 3. The fraction of sp³-hybridized carbons (Fsp3) is 0.353. The van der Waals surface area contributed by atoms with E-state index in [2.05, 4.69) is 4.98 Å². The van der Waals surface area contributed by atoms with Gasteiger partial charge in [-0.2, -0.15) is 13.2 Å². The van der Waals surface area contributed by atoms with Crippen LogP contribution in [0.1, 0.15) is 36.4 Å². The highest BCUT2D eigenvalue weighted by atomic mass is 19.4. The number of aromatic nitrogens is 1. The molecule has 0 spiro atoms. The molecule has 25 heavy (non-hydrogen) atoms. The SMILES string of the molecule is O=[N+]([O-])c1cccnc1N1CCCC[C@H]1c1ccc(C(F)(F)F)cc1. The molecule has 1 atom stereocenters. The van der Waals surface area contributed by atoms with Gasteiger partial charge < -0.3 is 4.90 Å². The van der Waals surface area contributed by atoms with Crippen LogP contribution in [0.5, 0.6) is 0 Å². The predicted molar refractivity (Wildman–Crippen MR) is 86.3 cm³/mol. The van der Waals surface area contributed by atoms with Crippen LogP contribution in [-0.4, -0.2) is 16.5 Å². The Labute approximate surface area is 142 Å². The third-order valence-corrected chi connectivity index (χ3v) is 4.36. The van der Waals surface area contributed by atoms with Crippen LogP contribution < -0.4 is 4.90 Å². The molecule has 0 unspecified atom stereocenters. The van der Waals surface area contributed by atoms with Crippen molar-refractivity contribution >= 4 is 11.5 Å². The van der Waals surface area contributed by atoms with Crippen molar-refractivity contribution in [3.05, 3.63) is 63.8 Å². The van der Waals surface area contributed by atoms with Gasteiger partial charge in [-0.05, 0) is 43.0 Å². The Bertz CT molecular complexity index is 762. The third kappa shape index (κ3) is 3.57. The monoisotopic (exact) mass is 351 g/mol. The lowest BCUT2D eigenvalue weighted by molar-refractivity contribution is -0.384. The molecule has 2 heterocycles. The molecule has 1 aliphatic heterocycles. The van der Waals surface area contributed by atoms with Gasteiger partial charge in [0.15, 0.2) is 0 Å². The Morgan fingerprint density at radius 1 is 1.16 bits per heavy atom. The number of nitro groups is 1. The maximum Gasteiger partial charge on any atom is 0.416 e. The maximum atomic E-state index is 12.7. The fourth-order valence-electron chi connectivity index (χ4n) is 3.18. The van der Waals surface area contributed by atoms with Crippen molar-refractivity contribution in [1.29, 1.82) is 0 Å². The lowest BCUT2D eigenvalue weighted by Gasteiger charge is -2.36. The lowest BCUT2D eigenvalue weighted by Crippen LogP contribution is -2.34. The summed E-state index contributed by atoms with van der Waals surface area (Å²) in [6.07, 6.45) is -0.432. The van der Waals surface area contributed by atoms with Gasteiger partial charge in [-0.25, -0.2) is 4.98 Å². The van der Waals surface area contributed by atoms with Crippen LogP contribution in [0.25, 0.3) is 0 Å². The first-order valence-electron chi connectivity index (χ1n) is 7.91. The molecular weight excluding hydrogens is 335 g/mol. The van der Waals surface area contributed by atoms with Crippen LogP contribution in [0.15, 0.2) is 42.6 Å². The predicted octanol–water partition coefficient (Wildman–Crippen LogP) is 4.74. The highest BCUT2D eigenvalue weighted by molar-refractivity contribution is 5.59. The molecule has 1 saturated heterocycles. The molecule has 0 saturated carbocycles. The van der Waals surface area contributed by atoms with Crippen LogP contribution in [0.4, 0.5) is 24.7 Å². The van der Waals surface area contributed by atoms with E-state index in [0.717, 1.165) is 25.0 Å². The van der Waals surface area contributed by atoms with E-state index in [0.29, 0.717) is 18.5 Å². The molecule has 5 nitrogen and oxygen atoms in total. The minimum absolute atomic E-state index is 0.0960. The Morgan fingerprint density at radius 2 is 1.88 bits per heavy atom. The molecule has 3 rings (SSSR count). The molecule has 0 aliphatic carbocycles. The number of pyridine rings is 1. The summed E-state index contributed by atoms with van der Waals surface area (Å²) in [6, 6.07) is 7.65. The van der Waals surface area contributed by atoms with Gasteiger partial charge in [0.05, 0.1) is 16.5 Å². The Hall–Kier alpha value is -2.64. The largest absolute Gasteiger partial charge is 0.416 e. The maximum absolute atomic E-state index is 12.7. The van der Waals surface area contributed by atoms with E-state index in [9.17, 15) is 23.3 Å².